The number of hydrogen-bond acceptors (Lipinski definition) is 6. The monoisotopic (exact) mass is 313 g/mol. The summed E-state index contributed by atoms with van der Waals surface area (Å²) < 4.78 is 5.48. The second-order valence-electron chi connectivity index (χ2n) is 5.89. The van der Waals surface area contributed by atoms with E-state index in [9.17, 15) is 0 Å². The highest BCUT2D eigenvalue weighted by atomic mass is 16.5. The molecule has 1 atom stereocenters. The SMILES string of the molecule is COc1ncccc1C1CCCCCN1c1cc(C)nc(N)n1. The molecule has 1 fully saturated rings. The Morgan fingerprint density at radius 2 is 2.13 bits per heavy atom. The van der Waals surface area contributed by atoms with E-state index in [4.69, 9.17) is 10.5 Å². The van der Waals surface area contributed by atoms with Gasteiger partial charge in [-0.15, -0.1) is 0 Å². The number of ether oxygens (including phenoxy) is 1. The highest BCUT2D eigenvalue weighted by molar-refractivity contribution is 5.47. The van der Waals surface area contributed by atoms with Crippen molar-refractivity contribution >= 4 is 11.8 Å². The topological polar surface area (TPSA) is 77.2 Å². The van der Waals surface area contributed by atoms with Crippen LogP contribution < -0.4 is 15.4 Å². The molecular formula is C17H23N5O. The summed E-state index contributed by atoms with van der Waals surface area (Å²) in [5.74, 6) is 1.89. The number of methoxy groups -OCH3 is 1. The van der Waals surface area contributed by atoms with Crippen molar-refractivity contribution in [2.45, 2.75) is 38.6 Å². The summed E-state index contributed by atoms with van der Waals surface area (Å²) >= 11 is 0. The van der Waals surface area contributed by atoms with Crippen molar-refractivity contribution in [2.24, 2.45) is 0 Å². The van der Waals surface area contributed by atoms with E-state index in [-0.39, 0.29) is 6.04 Å². The lowest BCUT2D eigenvalue weighted by Crippen LogP contribution is -2.30. The maximum absolute atomic E-state index is 5.86. The Bertz CT molecular complexity index is 656. The van der Waals surface area contributed by atoms with Gasteiger partial charge in [0.1, 0.15) is 5.82 Å². The van der Waals surface area contributed by atoms with Crippen LogP contribution in [0.5, 0.6) is 5.88 Å². The van der Waals surface area contributed by atoms with E-state index in [1.165, 1.54) is 12.8 Å². The van der Waals surface area contributed by atoms with Crippen molar-refractivity contribution < 1.29 is 4.74 Å². The van der Waals surface area contributed by atoms with Crippen LogP contribution in [0, 0.1) is 6.92 Å². The minimum absolute atomic E-state index is 0.190. The normalized spacial score (nSPS) is 18.5. The molecule has 1 aliphatic heterocycles. The van der Waals surface area contributed by atoms with Gasteiger partial charge in [0.2, 0.25) is 11.8 Å². The first-order chi connectivity index (χ1) is 11.2. The van der Waals surface area contributed by atoms with Crippen molar-refractivity contribution in [1.29, 1.82) is 0 Å². The first-order valence-corrected chi connectivity index (χ1v) is 8.05. The molecule has 23 heavy (non-hydrogen) atoms. The van der Waals surface area contributed by atoms with Gasteiger partial charge in [0.05, 0.1) is 13.2 Å². The molecule has 0 bridgehead atoms. The Morgan fingerprint density at radius 3 is 2.91 bits per heavy atom. The molecule has 0 aliphatic carbocycles. The van der Waals surface area contributed by atoms with Crippen LogP contribution in [0.3, 0.4) is 0 Å². The van der Waals surface area contributed by atoms with Crippen LogP contribution in [0.15, 0.2) is 24.4 Å². The van der Waals surface area contributed by atoms with Gasteiger partial charge < -0.3 is 15.4 Å². The third-order valence-corrected chi connectivity index (χ3v) is 4.26. The van der Waals surface area contributed by atoms with Gasteiger partial charge in [-0.3, -0.25) is 0 Å². The third-order valence-electron chi connectivity index (χ3n) is 4.26. The summed E-state index contributed by atoms with van der Waals surface area (Å²) in [6.45, 7) is 2.89. The third kappa shape index (κ3) is 3.36. The molecule has 0 aromatic carbocycles. The van der Waals surface area contributed by atoms with Crippen LogP contribution in [-0.4, -0.2) is 28.6 Å². The van der Waals surface area contributed by atoms with E-state index in [2.05, 4.69) is 25.9 Å². The van der Waals surface area contributed by atoms with Crippen LogP contribution in [0.25, 0.3) is 0 Å². The largest absolute Gasteiger partial charge is 0.481 e. The number of pyridine rings is 1. The molecule has 2 N–H and O–H groups in total. The van der Waals surface area contributed by atoms with E-state index >= 15 is 0 Å². The summed E-state index contributed by atoms with van der Waals surface area (Å²) in [5.41, 5.74) is 7.85. The number of nitrogens with two attached hydrogens (primary N) is 1. The lowest BCUT2D eigenvalue weighted by atomic mass is 10.0. The molecule has 2 aromatic heterocycles. The molecule has 1 unspecified atom stereocenters. The number of aromatic nitrogens is 3. The zero-order valence-corrected chi connectivity index (χ0v) is 13.7. The van der Waals surface area contributed by atoms with Crippen LogP contribution in [0.4, 0.5) is 11.8 Å². The number of nitrogen functional groups attached to an aromatic ring is 1. The zero-order valence-electron chi connectivity index (χ0n) is 13.7. The quantitative estimate of drug-likeness (QED) is 0.939. The summed E-state index contributed by atoms with van der Waals surface area (Å²) in [4.78, 5) is 15.3. The highest BCUT2D eigenvalue weighted by Crippen LogP contribution is 2.36. The summed E-state index contributed by atoms with van der Waals surface area (Å²) in [6, 6.07) is 6.24. The molecule has 6 heteroatoms. The van der Waals surface area contributed by atoms with Crippen molar-refractivity contribution in [3.63, 3.8) is 0 Å². The molecule has 3 heterocycles. The molecule has 3 rings (SSSR count). The standard InChI is InChI=1S/C17H23N5O/c1-12-11-15(21-17(18)20-12)22-10-5-3-4-8-14(22)13-7-6-9-19-16(13)23-2/h6-7,9,11,14H,3-5,8,10H2,1-2H3,(H2,18,20,21). The van der Waals surface area contributed by atoms with E-state index in [0.29, 0.717) is 11.8 Å². The highest BCUT2D eigenvalue weighted by Gasteiger charge is 2.27. The van der Waals surface area contributed by atoms with Crippen LogP contribution in [0.2, 0.25) is 0 Å². The summed E-state index contributed by atoms with van der Waals surface area (Å²) in [6.07, 6.45) is 6.34. The van der Waals surface area contributed by atoms with Crippen molar-refractivity contribution in [3.05, 3.63) is 35.7 Å². The molecular weight excluding hydrogens is 290 g/mol. The summed E-state index contributed by atoms with van der Waals surface area (Å²) in [5, 5.41) is 0. The molecule has 0 amide bonds. The minimum Gasteiger partial charge on any atom is -0.481 e. The Hall–Kier alpha value is -2.37. The minimum atomic E-state index is 0.190. The molecule has 6 nitrogen and oxygen atoms in total. The molecule has 1 saturated heterocycles. The van der Waals surface area contributed by atoms with Gasteiger partial charge in [0.25, 0.3) is 0 Å². The van der Waals surface area contributed by atoms with Gasteiger partial charge in [-0.05, 0) is 25.8 Å². The van der Waals surface area contributed by atoms with E-state index in [1.807, 2.05) is 19.1 Å². The first-order valence-electron chi connectivity index (χ1n) is 8.05. The molecule has 1 aliphatic rings. The lowest BCUT2D eigenvalue weighted by Gasteiger charge is -2.32. The van der Waals surface area contributed by atoms with E-state index in [0.717, 1.165) is 36.5 Å². The fraction of sp³-hybridized carbons (Fsp3) is 0.471. The van der Waals surface area contributed by atoms with Crippen molar-refractivity contribution in [2.75, 3.05) is 24.3 Å². The second kappa shape index (κ2) is 6.81. The Balaban J connectivity index is 2.03. The molecule has 0 spiro atoms. The van der Waals surface area contributed by atoms with Crippen LogP contribution in [0.1, 0.15) is 43.0 Å². The van der Waals surface area contributed by atoms with Gasteiger partial charge >= 0.3 is 0 Å². The van der Waals surface area contributed by atoms with E-state index in [1.54, 1.807) is 13.3 Å². The summed E-state index contributed by atoms with van der Waals surface area (Å²) in [7, 11) is 1.67. The smallest absolute Gasteiger partial charge is 0.222 e. The zero-order chi connectivity index (χ0) is 16.2. The molecule has 0 radical (unpaired) electrons. The average molecular weight is 313 g/mol. The fourth-order valence-electron chi connectivity index (χ4n) is 3.25. The Labute approximate surface area is 136 Å². The van der Waals surface area contributed by atoms with Gasteiger partial charge in [0, 0.05) is 30.1 Å². The number of nitrogens with zero attached hydrogens (tertiary/aromatic N) is 4. The first kappa shape index (κ1) is 15.5. The molecule has 122 valence electrons. The van der Waals surface area contributed by atoms with Crippen LogP contribution in [-0.2, 0) is 0 Å². The van der Waals surface area contributed by atoms with Crippen molar-refractivity contribution in [1.82, 2.24) is 15.0 Å². The van der Waals surface area contributed by atoms with Crippen LogP contribution >= 0.6 is 0 Å². The maximum atomic E-state index is 5.86. The fourth-order valence-corrected chi connectivity index (χ4v) is 3.25. The molecule has 0 saturated carbocycles. The Kier molecular flexibility index (Phi) is 4.60. The van der Waals surface area contributed by atoms with E-state index < -0.39 is 0 Å². The van der Waals surface area contributed by atoms with Gasteiger partial charge in [0.15, 0.2) is 0 Å². The maximum Gasteiger partial charge on any atom is 0.222 e. The number of hydrogen-bond donors (Lipinski definition) is 1. The second-order valence-corrected chi connectivity index (χ2v) is 5.89. The number of rotatable bonds is 3. The Morgan fingerprint density at radius 1 is 1.26 bits per heavy atom. The van der Waals surface area contributed by atoms with Gasteiger partial charge in [-0.25, -0.2) is 9.97 Å². The van der Waals surface area contributed by atoms with Crippen molar-refractivity contribution in [3.8, 4) is 5.88 Å². The lowest BCUT2D eigenvalue weighted by molar-refractivity contribution is 0.385. The average Bonchev–Trinajstić information content (AvgIpc) is 2.79. The molecule has 2 aromatic rings. The van der Waals surface area contributed by atoms with Gasteiger partial charge in [-0.1, -0.05) is 18.9 Å². The predicted octanol–water partition coefficient (Wildman–Crippen LogP) is 2.89. The number of anilines is 2. The number of aryl methyl sites for hydroxylation is 1. The predicted molar refractivity (Wildman–Crippen MR) is 90.5 cm³/mol. The van der Waals surface area contributed by atoms with Gasteiger partial charge in [-0.2, -0.15) is 4.98 Å².